The Labute approximate surface area is 285 Å². The molecule has 0 atom stereocenters. The first-order valence-electron chi connectivity index (χ1n) is 15.4. The molecule has 258 valence electrons. The van der Waals surface area contributed by atoms with E-state index >= 15 is 0 Å². The van der Waals surface area contributed by atoms with Gasteiger partial charge in [0.25, 0.3) is 0 Å². The lowest BCUT2D eigenvalue weighted by molar-refractivity contribution is -2.00. The summed E-state index contributed by atoms with van der Waals surface area (Å²) in [7, 11) is -1.56. The lowest BCUT2D eigenvalue weighted by Crippen LogP contribution is -2.68. The predicted octanol–water partition coefficient (Wildman–Crippen LogP) is 1.99. The van der Waals surface area contributed by atoms with Crippen LogP contribution >= 0.6 is 11.6 Å². The predicted molar refractivity (Wildman–Crippen MR) is 173 cm³/mol. The lowest BCUT2D eigenvalue weighted by Gasteiger charge is -2.27. The Morgan fingerprint density at radius 3 is 2.02 bits per heavy atom. The molecule has 4 rings (SSSR count). The SMILES string of the molecule is COCCOCCN1C(=CC=C(Cl)C=CC2=[N+](CCOCCOC)c3ccccc3C2(C)C)C(C)(C)c2ccccc21.[O-][Cl+3]([O-])([O-])[O-]. The van der Waals surface area contributed by atoms with Gasteiger partial charge in [-0.15, -0.1) is 10.2 Å². The normalized spacial score (nSPS) is 17.7. The molecule has 2 aliphatic heterocycles. The van der Waals surface area contributed by atoms with Crippen LogP contribution in [0.5, 0.6) is 0 Å². The summed E-state index contributed by atoms with van der Waals surface area (Å²) in [5.74, 6) is 0. The number of benzene rings is 2. The van der Waals surface area contributed by atoms with Crippen LogP contribution in [0, 0.1) is 10.2 Å². The molecule has 2 aromatic carbocycles. The molecule has 0 saturated heterocycles. The Morgan fingerprint density at radius 1 is 0.809 bits per heavy atom. The first-order valence-corrected chi connectivity index (χ1v) is 17.0. The van der Waals surface area contributed by atoms with E-state index in [2.05, 4.69) is 97.9 Å². The zero-order chi connectivity index (χ0) is 34.7. The van der Waals surface area contributed by atoms with Gasteiger partial charge < -0.3 is 23.8 Å². The van der Waals surface area contributed by atoms with Gasteiger partial charge in [0.15, 0.2) is 12.3 Å². The molecule has 47 heavy (non-hydrogen) atoms. The maximum absolute atomic E-state index is 8.49. The number of allylic oxidation sites excluding steroid dienone is 6. The van der Waals surface area contributed by atoms with Gasteiger partial charge in [-0.3, -0.25) is 0 Å². The molecule has 0 amide bonds. The molecule has 0 bridgehead atoms. The van der Waals surface area contributed by atoms with E-state index < -0.39 is 10.2 Å². The fourth-order valence-corrected chi connectivity index (χ4v) is 6.06. The van der Waals surface area contributed by atoms with Crippen LogP contribution in [0.1, 0.15) is 38.8 Å². The molecule has 2 aromatic rings. The van der Waals surface area contributed by atoms with Crippen LogP contribution in [0.15, 0.2) is 83.6 Å². The fraction of sp³-hybridized carbons (Fsp3) is 0.457. The van der Waals surface area contributed by atoms with Crippen molar-refractivity contribution in [3.05, 3.63) is 94.7 Å². The van der Waals surface area contributed by atoms with E-state index in [0.29, 0.717) is 44.7 Å². The van der Waals surface area contributed by atoms with Gasteiger partial charge in [0, 0.05) is 60.3 Å². The molecule has 12 heteroatoms. The number of fused-ring (bicyclic) bond motifs is 2. The van der Waals surface area contributed by atoms with E-state index in [0.717, 1.165) is 13.1 Å². The topological polar surface area (TPSA) is 135 Å². The Bertz CT molecular complexity index is 1440. The van der Waals surface area contributed by atoms with Crippen molar-refractivity contribution >= 4 is 28.7 Å². The molecule has 0 aromatic heterocycles. The Balaban J connectivity index is 0.00000111. The minimum absolute atomic E-state index is 0.163. The van der Waals surface area contributed by atoms with Crippen molar-refractivity contribution in [2.24, 2.45) is 0 Å². The van der Waals surface area contributed by atoms with Crippen LogP contribution in [-0.2, 0) is 29.8 Å². The van der Waals surface area contributed by atoms with Gasteiger partial charge >= 0.3 is 0 Å². The highest BCUT2D eigenvalue weighted by molar-refractivity contribution is 6.31. The number of methoxy groups -OCH3 is 2. The first-order chi connectivity index (χ1) is 22.2. The van der Waals surface area contributed by atoms with Gasteiger partial charge in [-0.1, -0.05) is 61.8 Å². The summed E-state index contributed by atoms with van der Waals surface area (Å²) in [6.45, 7) is 14.1. The van der Waals surface area contributed by atoms with Crippen LogP contribution < -0.4 is 23.5 Å². The highest BCUT2D eigenvalue weighted by Gasteiger charge is 2.44. The van der Waals surface area contributed by atoms with Crippen LogP contribution in [0.3, 0.4) is 0 Å². The second kappa shape index (κ2) is 17.7. The average molecular weight is 694 g/mol. The maximum Gasteiger partial charge on any atom is 0.209 e. The molecule has 2 heterocycles. The summed E-state index contributed by atoms with van der Waals surface area (Å²) in [5.41, 5.74) is 7.11. The molecule has 2 aliphatic rings. The zero-order valence-corrected chi connectivity index (χ0v) is 29.5. The molecule has 10 nitrogen and oxygen atoms in total. The van der Waals surface area contributed by atoms with E-state index in [1.54, 1.807) is 14.2 Å². The molecule has 0 N–H and O–H groups in total. The highest BCUT2D eigenvalue weighted by atomic mass is 35.7. The van der Waals surface area contributed by atoms with E-state index in [4.69, 9.17) is 49.2 Å². The molecule has 0 radical (unpaired) electrons. The summed E-state index contributed by atoms with van der Waals surface area (Å²) < 4.78 is 58.2. The van der Waals surface area contributed by atoms with E-state index in [1.807, 2.05) is 12.2 Å². The minimum atomic E-state index is -4.94. The van der Waals surface area contributed by atoms with Crippen LogP contribution in [-0.4, -0.2) is 77.2 Å². The van der Waals surface area contributed by atoms with E-state index in [9.17, 15) is 0 Å². The fourth-order valence-electron chi connectivity index (χ4n) is 5.94. The number of anilines is 1. The number of halogens is 2. The number of nitrogens with zero attached hydrogens (tertiary/aromatic N) is 2. The summed E-state index contributed by atoms with van der Waals surface area (Å²) in [4.78, 5) is 2.35. The number of hydrogen-bond acceptors (Lipinski definition) is 9. The molecule has 0 spiro atoms. The molecule has 0 saturated carbocycles. The number of ether oxygens (including phenoxy) is 4. The van der Waals surface area contributed by atoms with Gasteiger partial charge in [0.1, 0.15) is 6.61 Å². The third kappa shape index (κ3) is 10.7. The number of para-hydroxylation sites is 2. The standard InChI is InChI=1S/C35H46ClN2O4.ClHO4/c1-34(2)28-11-7-9-13-30(28)37(19-21-41-25-23-39-5)32(34)17-15-27(36)16-18-33-35(3,4)29-12-8-10-14-31(29)38(33)20-22-42-26-24-40-6;2-1(3,4)5/h7-18H,19-26H2,1-6H3;(H,2,3,4,5)/q+1;/p-1. The summed E-state index contributed by atoms with van der Waals surface area (Å²) in [6.07, 6.45) is 8.33. The summed E-state index contributed by atoms with van der Waals surface area (Å²) >= 11 is 6.87. The second-order valence-corrected chi connectivity index (χ2v) is 13.2. The van der Waals surface area contributed by atoms with Gasteiger partial charge in [0.2, 0.25) is 5.69 Å². The molecule has 0 aliphatic carbocycles. The average Bonchev–Trinajstić information content (AvgIpc) is 3.36. The third-order valence-electron chi connectivity index (χ3n) is 8.18. The largest absolute Gasteiger partial charge is 0.382 e. The summed E-state index contributed by atoms with van der Waals surface area (Å²) in [6, 6.07) is 17.2. The van der Waals surface area contributed by atoms with E-state index in [1.165, 1.54) is 33.9 Å². The third-order valence-corrected chi connectivity index (χ3v) is 8.43. The lowest BCUT2D eigenvalue weighted by atomic mass is 9.81. The maximum atomic E-state index is 8.49. The van der Waals surface area contributed by atoms with Crippen molar-refractivity contribution in [2.45, 2.75) is 38.5 Å². The number of hydrogen-bond donors (Lipinski definition) is 0. The number of rotatable bonds is 15. The van der Waals surface area contributed by atoms with Crippen molar-refractivity contribution in [3.8, 4) is 0 Å². The van der Waals surface area contributed by atoms with E-state index in [-0.39, 0.29) is 10.8 Å². The molecule has 0 unspecified atom stereocenters. The zero-order valence-electron chi connectivity index (χ0n) is 28.0. The first kappa shape index (κ1) is 38.8. The smallest absolute Gasteiger partial charge is 0.209 e. The Morgan fingerprint density at radius 2 is 1.38 bits per heavy atom. The van der Waals surface area contributed by atoms with Crippen LogP contribution in [0.4, 0.5) is 11.4 Å². The quantitative estimate of drug-likeness (QED) is 0.156. The van der Waals surface area contributed by atoms with Crippen molar-refractivity contribution in [1.82, 2.24) is 0 Å². The summed E-state index contributed by atoms with van der Waals surface area (Å²) in [5, 5.41) is 0.668. The van der Waals surface area contributed by atoms with Crippen molar-refractivity contribution < 1.29 is 52.4 Å². The van der Waals surface area contributed by atoms with Gasteiger partial charge in [-0.25, -0.2) is 18.6 Å². The van der Waals surface area contributed by atoms with Crippen LogP contribution in [0.25, 0.3) is 0 Å². The van der Waals surface area contributed by atoms with Crippen molar-refractivity contribution in [2.75, 3.05) is 71.9 Å². The monoisotopic (exact) mass is 692 g/mol. The van der Waals surface area contributed by atoms with Gasteiger partial charge in [-0.2, -0.15) is 4.58 Å². The Kier molecular flexibility index (Phi) is 14.6. The van der Waals surface area contributed by atoms with Crippen LogP contribution in [0.2, 0.25) is 0 Å². The van der Waals surface area contributed by atoms with Crippen molar-refractivity contribution in [3.63, 3.8) is 0 Å². The van der Waals surface area contributed by atoms with Gasteiger partial charge in [0.05, 0.1) is 38.4 Å². The Hall–Kier alpha value is -2.61. The molecule has 0 fully saturated rings. The molecular formula is C35H46Cl2N2O8. The van der Waals surface area contributed by atoms with Crippen molar-refractivity contribution in [1.29, 1.82) is 0 Å². The van der Waals surface area contributed by atoms with Gasteiger partial charge in [-0.05, 0) is 43.7 Å². The minimum Gasteiger partial charge on any atom is -0.382 e. The highest BCUT2D eigenvalue weighted by Crippen LogP contribution is 2.47. The molecular weight excluding hydrogens is 647 g/mol. The second-order valence-electron chi connectivity index (χ2n) is 12.0.